The summed E-state index contributed by atoms with van der Waals surface area (Å²) in [6.45, 7) is 3.51. The Balaban J connectivity index is 1.88. The quantitative estimate of drug-likeness (QED) is 0.822. The van der Waals surface area contributed by atoms with Crippen LogP contribution in [-0.2, 0) is 30.6 Å². The van der Waals surface area contributed by atoms with E-state index in [2.05, 4.69) is 5.32 Å². The summed E-state index contributed by atoms with van der Waals surface area (Å²) in [5.41, 5.74) is 1.78. The number of nitrogens with one attached hydrogen (secondary N) is 1. The summed E-state index contributed by atoms with van der Waals surface area (Å²) in [4.78, 5) is 24.0. The van der Waals surface area contributed by atoms with Gasteiger partial charge >= 0.3 is 5.97 Å². The smallest absolute Gasteiger partial charge is 0.310 e. The van der Waals surface area contributed by atoms with Gasteiger partial charge in [0.1, 0.15) is 0 Å². The number of hydrogen-bond acceptors (Lipinski definition) is 5. The van der Waals surface area contributed by atoms with Crippen LogP contribution in [0.3, 0.4) is 0 Å². The molecule has 1 aliphatic heterocycles. The number of benzene rings is 1. The second-order valence-corrected chi connectivity index (χ2v) is 7.95. The van der Waals surface area contributed by atoms with Gasteiger partial charge in [0.05, 0.1) is 17.4 Å². The molecule has 6 nitrogen and oxygen atoms in total. The molecule has 23 heavy (non-hydrogen) atoms. The van der Waals surface area contributed by atoms with Crippen molar-refractivity contribution in [2.24, 2.45) is 5.92 Å². The maximum Gasteiger partial charge on any atom is 0.310 e. The van der Waals surface area contributed by atoms with Gasteiger partial charge < -0.3 is 10.1 Å². The lowest BCUT2D eigenvalue weighted by atomic mass is 10.1. The zero-order chi connectivity index (χ0) is 17.0. The fourth-order valence-corrected chi connectivity index (χ4v) is 4.10. The summed E-state index contributed by atoms with van der Waals surface area (Å²) in [7, 11) is -3.15. The molecule has 1 N–H and O–H groups in total. The van der Waals surface area contributed by atoms with E-state index < -0.39 is 33.7 Å². The lowest BCUT2D eigenvalue weighted by molar-refractivity contribution is -0.156. The Kier molecular flexibility index (Phi) is 5.41. The topological polar surface area (TPSA) is 89.5 Å². The Morgan fingerprint density at radius 2 is 1.96 bits per heavy atom. The van der Waals surface area contributed by atoms with E-state index in [-0.39, 0.29) is 17.9 Å². The van der Waals surface area contributed by atoms with Gasteiger partial charge in [0.2, 0.25) is 0 Å². The van der Waals surface area contributed by atoms with E-state index in [0.717, 1.165) is 12.0 Å². The van der Waals surface area contributed by atoms with Crippen molar-refractivity contribution in [1.29, 1.82) is 0 Å². The second-order valence-electron chi connectivity index (χ2n) is 5.72. The predicted octanol–water partition coefficient (Wildman–Crippen LogP) is 1.55. The van der Waals surface area contributed by atoms with E-state index in [1.54, 1.807) is 12.1 Å². The van der Waals surface area contributed by atoms with E-state index >= 15 is 0 Å². The molecule has 0 unspecified atom stereocenters. The summed E-state index contributed by atoms with van der Waals surface area (Å²) in [6, 6.07) is 7.40. The van der Waals surface area contributed by atoms with Crippen molar-refractivity contribution in [2.45, 2.75) is 32.8 Å². The van der Waals surface area contributed by atoms with Crippen LogP contribution in [0.2, 0.25) is 0 Å². The lowest BCUT2D eigenvalue weighted by Gasteiger charge is -2.15. The van der Waals surface area contributed by atoms with Crippen molar-refractivity contribution < 1.29 is 22.7 Å². The third kappa shape index (κ3) is 4.79. The first kappa shape index (κ1) is 17.5. The Labute approximate surface area is 136 Å². The van der Waals surface area contributed by atoms with Gasteiger partial charge in [-0.2, -0.15) is 0 Å². The maximum absolute atomic E-state index is 12.0. The van der Waals surface area contributed by atoms with Crippen LogP contribution in [0.15, 0.2) is 24.3 Å². The number of anilines is 1. The third-order valence-electron chi connectivity index (χ3n) is 3.86. The number of carbonyl (C=O) groups excluding carboxylic acids is 2. The number of aryl methyl sites for hydroxylation is 1. The van der Waals surface area contributed by atoms with Crippen LogP contribution in [0.5, 0.6) is 0 Å². The van der Waals surface area contributed by atoms with Crippen molar-refractivity contribution in [1.82, 2.24) is 0 Å². The van der Waals surface area contributed by atoms with Crippen molar-refractivity contribution in [3.63, 3.8) is 0 Å². The summed E-state index contributed by atoms with van der Waals surface area (Å²) in [5.74, 6) is -1.94. The predicted molar refractivity (Wildman–Crippen MR) is 86.8 cm³/mol. The van der Waals surface area contributed by atoms with Crippen LogP contribution in [0.25, 0.3) is 0 Å². The monoisotopic (exact) mass is 339 g/mol. The highest BCUT2D eigenvalue weighted by Gasteiger charge is 2.35. The van der Waals surface area contributed by atoms with E-state index in [4.69, 9.17) is 4.74 Å². The minimum Gasteiger partial charge on any atom is -0.452 e. The number of hydrogen-bond donors (Lipinski definition) is 1. The van der Waals surface area contributed by atoms with Crippen LogP contribution in [-0.4, -0.2) is 37.9 Å². The maximum atomic E-state index is 12.0. The zero-order valence-corrected chi connectivity index (χ0v) is 14.1. The number of amides is 1. The molecular weight excluding hydrogens is 318 g/mol. The summed E-state index contributed by atoms with van der Waals surface area (Å²) in [5, 5.41) is 2.67. The van der Waals surface area contributed by atoms with Gasteiger partial charge in [-0.05, 0) is 37.5 Å². The molecule has 1 fully saturated rings. The van der Waals surface area contributed by atoms with Gasteiger partial charge in [-0.15, -0.1) is 0 Å². The highest BCUT2D eigenvalue weighted by atomic mass is 32.2. The minimum atomic E-state index is -3.15. The average Bonchev–Trinajstić information content (AvgIpc) is 2.88. The first-order valence-electron chi connectivity index (χ1n) is 7.61. The van der Waals surface area contributed by atoms with Crippen LogP contribution in [0.4, 0.5) is 5.69 Å². The molecule has 0 aliphatic carbocycles. The molecule has 0 aromatic heterocycles. The van der Waals surface area contributed by atoms with E-state index in [9.17, 15) is 18.0 Å². The van der Waals surface area contributed by atoms with Gasteiger partial charge in [0.15, 0.2) is 15.9 Å². The SMILES string of the molecule is CCc1ccc(NC(=O)[C@@H](C)OC(=O)[C@@H]2CCS(=O)(=O)C2)cc1. The molecule has 2 atom stereocenters. The van der Waals surface area contributed by atoms with Gasteiger partial charge in [-0.1, -0.05) is 19.1 Å². The third-order valence-corrected chi connectivity index (χ3v) is 5.63. The normalized spacial score (nSPS) is 20.7. The Morgan fingerprint density at radius 3 is 2.48 bits per heavy atom. The standard InChI is InChI=1S/C16H21NO5S/c1-3-12-4-6-14(7-5-12)17-15(18)11(2)22-16(19)13-8-9-23(20,21)10-13/h4-7,11,13H,3,8-10H2,1-2H3,(H,17,18)/t11-,13-/m1/s1. The van der Waals surface area contributed by atoms with Crippen molar-refractivity contribution in [3.05, 3.63) is 29.8 Å². The number of sulfone groups is 1. The van der Waals surface area contributed by atoms with Gasteiger partial charge in [0, 0.05) is 5.69 Å². The number of esters is 1. The fourth-order valence-electron chi connectivity index (χ4n) is 2.37. The van der Waals surface area contributed by atoms with Crippen LogP contribution < -0.4 is 5.32 Å². The molecule has 0 radical (unpaired) electrons. The average molecular weight is 339 g/mol. The molecule has 7 heteroatoms. The van der Waals surface area contributed by atoms with E-state index in [1.807, 2.05) is 19.1 Å². The van der Waals surface area contributed by atoms with Crippen molar-refractivity contribution in [3.8, 4) is 0 Å². The van der Waals surface area contributed by atoms with Gasteiger partial charge in [-0.3, -0.25) is 9.59 Å². The molecule has 126 valence electrons. The van der Waals surface area contributed by atoms with Crippen molar-refractivity contribution in [2.75, 3.05) is 16.8 Å². The fraction of sp³-hybridized carbons (Fsp3) is 0.500. The molecule has 0 saturated carbocycles. The lowest BCUT2D eigenvalue weighted by Crippen LogP contribution is -2.32. The summed E-state index contributed by atoms with van der Waals surface area (Å²) in [6.07, 6.45) is 0.192. The van der Waals surface area contributed by atoms with E-state index in [0.29, 0.717) is 5.69 Å². The number of carbonyl (C=O) groups is 2. The van der Waals surface area contributed by atoms with E-state index in [1.165, 1.54) is 6.92 Å². The van der Waals surface area contributed by atoms with Crippen molar-refractivity contribution >= 4 is 27.4 Å². The summed E-state index contributed by atoms with van der Waals surface area (Å²) < 4.78 is 27.8. The Hall–Kier alpha value is -1.89. The minimum absolute atomic E-state index is 0.00286. The largest absolute Gasteiger partial charge is 0.452 e. The number of rotatable bonds is 5. The molecule has 1 saturated heterocycles. The highest BCUT2D eigenvalue weighted by molar-refractivity contribution is 7.91. The molecule has 0 bridgehead atoms. The highest BCUT2D eigenvalue weighted by Crippen LogP contribution is 2.20. The summed E-state index contributed by atoms with van der Waals surface area (Å²) >= 11 is 0. The first-order chi connectivity index (χ1) is 10.8. The first-order valence-corrected chi connectivity index (χ1v) is 9.43. The molecule has 1 aliphatic rings. The molecule has 1 aromatic rings. The molecule has 1 amide bonds. The van der Waals surface area contributed by atoms with Crippen LogP contribution in [0, 0.1) is 5.92 Å². The number of ether oxygens (including phenoxy) is 1. The Bertz CT molecular complexity index is 681. The Morgan fingerprint density at radius 1 is 1.30 bits per heavy atom. The molecule has 1 heterocycles. The second kappa shape index (κ2) is 7.12. The van der Waals surface area contributed by atoms with Gasteiger partial charge in [0.25, 0.3) is 5.91 Å². The molecule has 0 spiro atoms. The van der Waals surface area contributed by atoms with Crippen LogP contribution in [0.1, 0.15) is 25.8 Å². The molecule has 1 aromatic carbocycles. The van der Waals surface area contributed by atoms with Gasteiger partial charge in [-0.25, -0.2) is 8.42 Å². The zero-order valence-electron chi connectivity index (χ0n) is 13.2. The molecular formula is C16H21NO5S. The van der Waals surface area contributed by atoms with Crippen LogP contribution >= 0.6 is 0 Å². The molecule has 2 rings (SSSR count).